The zero-order valence-corrected chi connectivity index (χ0v) is 76.5. The van der Waals surface area contributed by atoms with Crippen LogP contribution in [-0.2, 0) is 109 Å². The van der Waals surface area contributed by atoms with Crippen molar-refractivity contribution in [1.82, 2.24) is 24.9 Å². The van der Waals surface area contributed by atoms with Crippen molar-refractivity contribution in [2.45, 2.75) is 26.4 Å². The molecule has 0 atom stereocenters. The summed E-state index contributed by atoms with van der Waals surface area (Å²) >= 11 is 0. The van der Waals surface area contributed by atoms with E-state index in [2.05, 4.69) is 22.1 Å². The Labute approximate surface area is 745 Å². The van der Waals surface area contributed by atoms with E-state index >= 15 is 0 Å². The minimum Gasteiger partial charge on any atom is -0.657 e. The summed E-state index contributed by atoms with van der Waals surface area (Å²) in [7, 11) is 9.73. The third kappa shape index (κ3) is 36.3. The molecule has 0 aliphatic carbocycles. The number of nitrogens with zero attached hydrogens (tertiary/aromatic N) is 5. The Kier molecular flexibility index (Phi) is 48.5. The number of amides is 1. The van der Waals surface area contributed by atoms with E-state index in [1.54, 1.807) is 81.8 Å². The van der Waals surface area contributed by atoms with Gasteiger partial charge in [0.1, 0.15) is 50.9 Å². The molecule has 0 saturated carbocycles. The fourth-order valence-corrected chi connectivity index (χ4v) is 12.0. The van der Waals surface area contributed by atoms with Crippen LogP contribution in [0.4, 0.5) is 10.5 Å². The van der Waals surface area contributed by atoms with Crippen molar-refractivity contribution in [3.05, 3.63) is 131 Å². The molecule has 9 rings (SSSR count). The van der Waals surface area contributed by atoms with Gasteiger partial charge in [-0.25, -0.2) is 19.7 Å². The Morgan fingerprint density at radius 2 is 0.632 bits per heavy atom. The number of anilines is 1. The molecule has 3 aromatic carbocycles. The number of methoxy groups -OCH3 is 6. The van der Waals surface area contributed by atoms with Crippen molar-refractivity contribution in [2.24, 2.45) is 0 Å². The van der Waals surface area contributed by atoms with Crippen molar-refractivity contribution in [3.63, 3.8) is 0 Å². The number of pyridine rings is 1. The standard InChI is InChI=1S/C92H121N6O26.Zn/c1-92(2,3)124-91(99)94-72-15-13-68(14-16-72)86-76-23-25-80(97-76)87(69-64-82(118-58-52-112-46-40-106-34-28-100-4)89(122-62-56-116-50-44-110-38-32-104-8)83(65-69)119-59-53-113-47-41-107-35-29-101-5)78-21-19-74(95-78)73(18-17-71-12-10-11-27-93-71)75-20-22-79(96-75)88(81-26-24-77(86)98-81)70-66-84(120-60-54-114-48-42-108-36-30-102-6)90(123-63-57-117-51-45-111-39-33-105-9)85(67-70)121-61-55-115-49-43-109-37-31-103-7;/h10-16,19-27,64-67H,28-63H2,1-9H3,(H2-,93,94,95,96,97,98,99);/q-1;+2/p-1. The Morgan fingerprint density at radius 1 is 0.336 bits per heavy atom. The maximum absolute atomic E-state index is 13.3. The zero-order valence-electron chi connectivity index (χ0n) is 73.6. The minimum atomic E-state index is -0.760. The Morgan fingerprint density at radius 3 is 0.960 bits per heavy atom. The number of aromatic nitrogens is 5. The predicted octanol–water partition coefficient (Wildman–Crippen LogP) is 11.4. The molecule has 0 saturated heterocycles. The summed E-state index contributed by atoms with van der Waals surface area (Å²) in [5, 5.41) is 2.89. The summed E-state index contributed by atoms with van der Waals surface area (Å²) in [6, 6.07) is 28.1. The van der Waals surface area contributed by atoms with Crippen LogP contribution >= 0.6 is 0 Å². The number of nitrogens with one attached hydrogen (secondary N) is 1. The summed E-state index contributed by atoms with van der Waals surface area (Å²) in [6.45, 7) is 16.3. The molecule has 6 heterocycles. The van der Waals surface area contributed by atoms with E-state index in [0.717, 1.165) is 0 Å². The third-order valence-electron chi connectivity index (χ3n) is 17.7. The van der Waals surface area contributed by atoms with Gasteiger partial charge in [-0.05, 0) is 133 Å². The molecular formula is C92H120N6O26Zn. The Bertz CT molecular complexity index is 4350. The van der Waals surface area contributed by atoms with E-state index in [4.69, 9.17) is 138 Å². The largest absolute Gasteiger partial charge is 2.00 e. The maximum Gasteiger partial charge on any atom is 2.00 e. The van der Waals surface area contributed by atoms with Gasteiger partial charge in [0, 0.05) is 60.1 Å². The van der Waals surface area contributed by atoms with Crippen LogP contribution in [0.15, 0.2) is 97.2 Å². The summed E-state index contributed by atoms with van der Waals surface area (Å²) in [5.74, 6) is 8.61. The molecular weight excluding hydrogens is 1670 g/mol. The van der Waals surface area contributed by atoms with Crippen LogP contribution in [0, 0.1) is 11.8 Å². The topological polar surface area (TPSA) is 327 Å². The quantitative estimate of drug-likeness (QED) is 0.0210. The second-order valence-corrected chi connectivity index (χ2v) is 28.0. The molecule has 0 spiro atoms. The van der Waals surface area contributed by atoms with Crippen molar-refractivity contribution < 1.29 is 143 Å². The van der Waals surface area contributed by atoms with E-state index in [9.17, 15) is 4.79 Å². The van der Waals surface area contributed by atoms with Gasteiger partial charge in [-0.15, -0.1) is 22.1 Å². The average molecular weight is 1790 g/mol. The van der Waals surface area contributed by atoms with Crippen LogP contribution in [0.2, 0.25) is 0 Å². The first-order valence-corrected chi connectivity index (χ1v) is 41.5. The summed E-state index contributed by atoms with van der Waals surface area (Å²) < 4.78 is 147. The third-order valence-corrected chi connectivity index (χ3v) is 17.7. The first-order valence-electron chi connectivity index (χ1n) is 41.5. The average Bonchev–Trinajstić information content (AvgIpc) is 1.63. The van der Waals surface area contributed by atoms with Gasteiger partial charge in [-0.3, -0.25) is 5.32 Å². The second-order valence-electron chi connectivity index (χ2n) is 28.0. The molecule has 2 aliphatic rings. The van der Waals surface area contributed by atoms with Gasteiger partial charge in [0.15, 0.2) is 23.0 Å². The van der Waals surface area contributed by atoms with E-state index in [1.165, 1.54) is 0 Å². The first kappa shape index (κ1) is 101. The van der Waals surface area contributed by atoms with Crippen molar-refractivity contribution in [2.75, 3.05) is 286 Å². The zero-order chi connectivity index (χ0) is 87.3. The molecule has 1 N–H and O–H groups in total. The molecule has 2 aliphatic heterocycles. The molecule has 0 radical (unpaired) electrons. The number of carbonyl (C=O) groups is 1. The van der Waals surface area contributed by atoms with Gasteiger partial charge in [0.25, 0.3) is 0 Å². The number of carbonyl (C=O) groups excluding carboxylic acids is 1. The Hall–Kier alpha value is -9.06. The summed E-state index contributed by atoms with van der Waals surface area (Å²) in [6.07, 6.45) is 8.75. The molecule has 33 heteroatoms. The normalized spacial score (nSPS) is 11.7. The van der Waals surface area contributed by atoms with Crippen LogP contribution in [0.5, 0.6) is 34.5 Å². The van der Waals surface area contributed by atoms with Gasteiger partial charge in [-0.1, -0.05) is 48.4 Å². The first-order chi connectivity index (χ1) is 60.9. The second kappa shape index (κ2) is 59.8. The number of ether oxygens (including phenoxy) is 25. The van der Waals surface area contributed by atoms with Crippen molar-refractivity contribution in [1.29, 1.82) is 0 Å². The van der Waals surface area contributed by atoms with Crippen LogP contribution in [0.25, 0.3) is 79.8 Å². The minimum absolute atomic E-state index is 0. The number of benzene rings is 3. The molecule has 32 nitrogen and oxygen atoms in total. The van der Waals surface area contributed by atoms with Crippen molar-refractivity contribution in [3.8, 4) is 79.7 Å². The molecule has 676 valence electrons. The SMILES string of the molecule is COCCOCCOCCOc1cc(-c2c3nc(c(-c4ccc(NC(=O)OC(C)(C)C)cc4)c4ccc([n-]4)c(-c4cc(OCCOCCOCCOC)c(OCCOCCOCCOC)c(OCCOCCOCCOC)c4)c4nc(c(C#Cc5ccccn5)c5ccc2[n-]5)C=C4)C=C3)cc(OCCOCCOCCOC)c1OCCOCCOCCOC.[Zn+2]. The van der Waals surface area contributed by atoms with Crippen LogP contribution in [0.3, 0.4) is 0 Å². The number of rotatable bonds is 64. The molecule has 0 unspecified atom stereocenters. The fourth-order valence-electron chi connectivity index (χ4n) is 12.0. The molecule has 0 fully saturated rings. The fraction of sp³-hybridized carbons (Fsp3) is 0.500. The van der Waals surface area contributed by atoms with Crippen LogP contribution < -0.4 is 43.7 Å². The molecule has 1 amide bonds. The molecule has 7 aromatic rings. The number of hydrogen-bond acceptors (Lipinski definition) is 29. The van der Waals surface area contributed by atoms with Gasteiger partial charge in [0.05, 0.1) is 221 Å². The summed E-state index contributed by atoms with van der Waals surface area (Å²) in [5.41, 5.74) is 8.16. The number of hydrogen-bond donors (Lipinski definition) is 1. The van der Waals surface area contributed by atoms with Gasteiger partial charge < -0.3 is 128 Å². The van der Waals surface area contributed by atoms with Gasteiger partial charge in [-0.2, -0.15) is 0 Å². The molecule has 4 aromatic heterocycles. The van der Waals surface area contributed by atoms with E-state index < -0.39 is 11.7 Å². The monoisotopic (exact) mass is 1790 g/mol. The van der Waals surface area contributed by atoms with Gasteiger partial charge in [0.2, 0.25) is 11.5 Å². The predicted molar refractivity (Wildman–Crippen MR) is 467 cm³/mol. The summed E-state index contributed by atoms with van der Waals surface area (Å²) in [4.78, 5) is 40.3. The number of fused-ring (bicyclic) bond motifs is 8. The van der Waals surface area contributed by atoms with Crippen LogP contribution in [0.1, 0.15) is 54.8 Å². The van der Waals surface area contributed by atoms with E-state index in [1.807, 2.05) is 103 Å². The van der Waals surface area contributed by atoms with E-state index in [0.29, 0.717) is 288 Å². The smallest absolute Gasteiger partial charge is 0.657 e. The molecule has 125 heavy (non-hydrogen) atoms. The Balaban J connectivity index is 0.0000194. The molecule has 8 bridgehead atoms. The van der Waals surface area contributed by atoms with Gasteiger partial charge >= 0.3 is 25.6 Å². The van der Waals surface area contributed by atoms with Crippen LogP contribution in [-0.4, -0.2) is 307 Å². The van der Waals surface area contributed by atoms with E-state index in [-0.39, 0.29) is 98.8 Å². The maximum atomic E-state index is 13.3. The van der Waals surface area contributed by atoms with Crippen molar-refractivity contribution >= 4 is 58.2 Å².